The van der Waals surface area contributed by atoms with Crippen molar-refractivity contribution in [3.05, 3.63) is 71.3 Å². The number of carbonyl (C=O) groups is 1. The number of methoxy groups -OCH3 is 1. The fourth-order valence-corrected chi connectivity index (χ4v) is 3.43. The van der Waals surface area contributed by atoms with Gasteiger partial charge in [-0.25, -0.2) is 0 Å². The van der Waals surface area contributed by atoms with E-state index in [1.165, 1.54) is 0 Å². The topological polar surface area (TPSA) is 69.4 Å². The van der Waals surface area contributed by atoms with E-state index in [0.29, 0.717) is 5.82 Å². The molecule has 0 saturated heterocycles. The van der Waals surface area contributed by atoms with Gasteiger partial charge >= 0.3 is 0 Å². The molecule has 4 rings (SSSR count). The molecule has 0 amide bonds. The highest BCUT2D eigenvalue weighted by atomic mass is 16.5. The number of aryl methyl sites for hydroxylation is 1. The molecule has 136 valence electrons. The lowest BCUT2D eigenvalue weighted by Gasteiger charge is -2.12. The lowest BCUT2D eigenvalue weighted by molar-refractivity contribution is -0.117. The van der Waals surface area contributed by atoms with Gasteiger partial charge in [0.2, 0.25) is 0 Å². The normalized spacial score (nSPS) is 15.4. The fraction of sp³-hybridized carbons (Fsp3) is 0.238. The Morgan fingerprint density at radius 1 is 1.11 bits per heavy atom. The molecule has 2 heterocycles. The van der Waals surface area contributed by atoms with Crippen LogP contribution in [0.2, 0.25) is 0 Å². The van der Waals surface area contributed by atoms with E-state index in [1.54, 1.807) is 14.0 Å². The summed E-state index contributed by atoms with van der Waals surface area (Å²) in [4.78, 5) is 16.9. The zero-order valence-corrected chi connectivity index (χ0v) is 15.5. The maximum absolute atomic E-state index is 11.9. The van der Waals surface area contributed by atoms with Crippen LogP contribution in [0, 0.1) is 6.92 Å². The van der Waals surface area contributed by atoms with Crippen molar-refractivity contribution in [2.75, 3.05) is 7.11 Å². The van der Waals surface area contributed by atoms with Crippen molar-refractivity contribution in [1.29, 1.82) is 0 Å². The number of Topliss-reactive ketones (excluding diaryl/α,β-unsaturated/α-hetero) is 1. The Bertz CT molecular complexity index is 1030. The van der Waals surface area contributed by atoms with Gasteiger partial charge in [0.25, 0.3) is 0 Å². The van der Waals surface area contributed by atoms with E-state index in [-0.39, 0.29) is 18.2 Å². The molecule has 1 aromatic heterocycles. The van der Waals surface area contributed by atoms with Crippen LogP contribution in [0.1, 0.15) is 42.2 Å². The number of rotatable bonds is 4. The second kappa shape index (κ2) is 6.79. The second-order valence-electron chi connectivity index (χ2n) is 6.59. The maximum atomic E-state index is 11.9. The number of nitrogens with zero attached hydrogens (tertiary/aromatic N) is 4. The quantitative estimate of drug-likeness (QED) is 0.714. The molecule has 0 unspecified atom stereocenters. The minimum absolute atomic E-state index is 0.0657. The van der Waals surface area contributed by atoms with E-state index in [1.807, 2.05) is 60.0 Å². The predicted molar refractivity (Wildman–Crippen MR) is 103 cm³/mol. The van der Waals surface area contributed by atoms with E-state index in [4.69, 9.17) is 9.73 Å². The van der Waals surface area contributed by atoms with Crippen molar-refractivity contribution in [1.82, 2.24) is 14.8 Å². The van der Waals surface area contributed by atoms with Crippen LogP contribution in [-0.2, 0) is 4.79 Å². The molecule has 6 nitrogen and oxygen atoms in total. The number of carbonyl (C=O) groups excluding carboxylic acids is 1. The van der Waals surface area contributed by atoms with Gasteiger partial charge in [0, 0.05) is 17.5 Å². The summed E-state index contributed by atoms with van der Waals surface area (Å²) >= 11 is 0. The lowest BCUT2D eigenvalue weighted by Crippen LogP contribution is -2.09. The molecule has 3 aromatic rings. The van der Waals surface area contributed by atoms with Gasteiger partial charge in [-0.1, -0.05) is 18.2 Å². The lowest BCUT2D eigenvalue weighted by atomic mass is 10.00. The van der Waals surface area contributed by atoms with E-state index < -0.39 is 0 Å². The highest BCUT2D eigenvalue weighted by Crippen LogP contribution is 2.32. The summed E-state index contributed by atoms with van der Waals surface area (Å²) < 4.78 is 7.27. The molecule has 0 aliphatic carbocycles. The third-order valence-corrected chi connectivity index (χ3v) is 4.68. The Morgan fingerprint density at radius 2 is 1.85 bits per heavy atom. The number of fused-ring (bicyclic) bond motifs is 3. The van der Waals surface area contributed by atoms with Crippen LogP contribution in [0.15, 0.2) is 53.5 Å². The van der Waals surface area contributed by atoms with Gasteiger partial charge in [0.05, 0.1) is 18.5 Å². The molecule has 1 atom stereocenters. The van der Waals surface area contributed by atoms with Gasteiger partial charge in [-0.05, 0) is 44.2 Å². The summed E-state index contributed by atoms with van der Waals surface area (Å²) in [6.45, 7) is 3.49. The highest BCUT2D eigenvalue weighted by Gasteiger charge is 2.28. The Kier molecular flexibility index (Phi) is 4.32. The van der Waals surface area contributed by atoms with Gasteiger partial charge in [-0.3, -0.25) is 14.4 Å². The van der Waals surface area contributed by atoms with Crippen LogP contribution in [0.25, 0.3) is 5.69 Å². The maximum Gasteiger partial charge on any atom is 0.162 e. The van der Waals surface area contributed by atoms with E-state index in [2.05, 4.69) is 10.2 Å². The molecule has 1 aliphatic heterocycles. The second-order valence-corrected chi connectivity index (χ2v) is 6.59. The monoisotopic (exact) mass is 360 g/mol. The molecule has 1 aliphatic rings. The minimum Gasteiger partial charge on any atom is -0.497 e. The largest absolute Gasteiger partial charge is 0.497 e. The number of hydrogen-bond donors (Lipinski definition) is 0. The van der Waals surface area contributed by atoms with Crippen LogP contribution in [0.4, 0.5) is 0 Å². The van der Waals surface area contributed by atoms with Gasteiger partial charge in [-0.15, -0.1) is 10.2 Å². The van der Waals surface area contributed by atoms with Crippen LogP contribution in [0.5, 0.6) is 5.75 Å². The average molecular weight is 360 g/mol. The molecule has 2 aromatic carbocycles. The molecular weight excluding hydrogens is 340 g/mol. The zero-order valence-electron chi connectivity index (χ0n) is 15.5. The summed E-state index contributed by atoms with van der Waals surface area (Å²) in [6.07, 6.45) is 0.284. The predicted octanol–water partition coefficient (Wildman–Crippen LogP) is 3.46. The van der Waals surface area contributed by atoms with Crippen molar-refractivity contribution in [2.45, 2.75) is 26.3 Å². The molecule has 0 spiro atoms. The summed E-state index contributed by atoms with van der Waals surface area (Å²) in [5, 5.41) is 8.57. The Morgan fingerprint density at radius 3 is 2.56 bits per heavy atom. The number of para-hydroxylation sites is 1. The van der Waals surface area contributed by atoms with Crippen LogP contribution in [-0.4, -0.2) is 33.4 Å². The number of aliphatic imine (C=N–C) groups is 1. The van der Waals surface area contributed by atoms with Gasteiger partial charge in [-0.2, -0.15) is 0 Å². The molecule has 0 bridgehead atoms. The SMILES string of the molecule is COc1ccc(C2=N[C@@H](CC(C)=O)c3nnc(C)n3-c3ccccc32)cc1. The van der Waals surface area contributed by atoms with E-state index in [0.717, 1.165) is 34.1 Å². The molecule has 0 radical (unpaired) electrons. The van der Waals surface area contributed by atoms with Gasteiger partial charge < -0.3 is 4.74 Å². The van der Waals surface area contributed by atoms with E-state index in [9.17, 15) is 4.79 Å². The van der Waals surface area contributed by atoms with Crippen LogP contribution < -0.4 is 4.74 Å². The fourth-order valence-electron chi connectivity index (χ4n) is 3.43. The van der Waals surface area contributed by atoms with Crippen molar-refractivity contribution < 1.29 is 9.53 Å². The average Bonchev–Trinajstić information content (AvgIpc) is 3.00. The van der Waals surface area contributed by atoms with Gasteiger partial charge in [0.1, 0.15) is 23.4 Å². The molecule has 27 heavy (non-hydrogen) atoms. The summed E-state index contributed by atoms with van der Waals surface area (Å²) in [6, 6.07) is 15.5. The molecule has 0 N–H and O–H groups in total. The van der Waals surface area contributed by atoms with Crippen molar-refractivity contribution in [3.63, 3.8) is 0 Å². The number of ether oxygens (including phenoxy) is 1. The van der Waals surface area contributed by atoms with Crippen LogP contribution in [0.3, 0.4) is 0 Å². The number of ketones is 1. The first-order valence-corrected chi connectivity index (χ1v) is 8.82. The minimum atomic E-state index is -0.381. The van der Waals surface area contributed by atoms with Crippen LogP contribution >= 0.6 is 0 Å². The first-order valence-electron chi connectivity index (χ1n) is 8.82. The standard InChI is InChI=1S/C21H20N4O2/c1-13(26)12-18-21-24-23-14(2)25(21)19-7-5-4-6-17(19)20(22-18)15-8-10-16(27-3)11-9-15/h4-11,18H,12H2,1-3H3/t18-/m0/s1. The first kappa shape index (κ1) is 17.1. The third kappa shape index (κ3) is 3.03. The smallest absolute Gasteiger partial charge is 0.162 e. The highest BCUT2D eigenvalue weighted by molar-refractivity contribution is 6.15. The van der Waals surface area contributed by atoms with Gasteiger partial charge in [0.15, 0.2) is 5.82 Å². The Labute approximate surface area is 157 Å². The van der Waals surface area contributed by atoms with Crippen molar-refractivity contribution in [2.24, 2.45) is 4.99 Å². The molecule has 0 saturated carbocycles. The third-order valence-electron chi connectivity index (χ3n) is 4.68. The summed E-state index contributed by atoms with van der Waals surface area (Å²) in [5.74, 6) is 2.32. The van der Waals surface area contributed by atoms with E-state index >= 15 is 0 Å². The number of hydrogen-bond acceptors (Lipinski definition) is 5. The first-order chi connectivity index (χ1) is 13.1. The Balaban J connectivity index is 1.96. The number of aromatic nitrogens is 3. The van der Waals surface area contributed by atoms with Crippen molar-refractivity contribution >= 4 is 11.5 Å². The zero-order chi connectivity index (χ0) is 19.0. The Hall–Kier alpha value is -3.28. The summed E-state index contributed by atoms with van der Waals surface area (Å²) in [7, 11) is 1.64. The molecule has 6 heteroatoms. The number of benzene rings is 2. The van der Waals surface area contributed by atoms with Crippen molar-refractivity contribution in [3.8, 4) is 11.4 Å². The summed E-state index contributed by atoms with van der Waals surface area (Å²) in [5.41, 5.74) is 3.76. The molecular formula is C21H20N4O2. The molecule has 0 fully saturated rings.